The van der Waals surface area contributed by atoms with E-state index < -0.39 is 71.7 Å². The first kappa shape index (κ1) is 20.0. The third-order valence-electron chi connectivity index (χ3n) is 5.46. The lowest BCUT2D eigenvalue weighted by atomic mass is 10.1. The van der Waals surface area contributed by atoms with Gasteiger partial charge in [0.1, 0.15) is 6.04 Å². The van der Waals surface area contributed by atoms with E-state index in [0.29, 0.717) is 15.9 Å². The first-order valence-corrected chi connectivity index (χ1v) is 8.51. The predicted octanol–water partition coefficient (Wildman–Crippen LogP) is 2.26. The SMILES string of the molecule is N#Cc1ccc(N2C(=O)C3C4C[C@H](CN4C(=O)C(F)(F)F)N3C2=O)cc1C(F)(F)F. The van der Waals surface area contributed by atoms with E-state index in [1.54, 1.807) is 0 Å². The number of benzene rings is 1. The van der Waals surface area contributed by atoms with E-state index in [0.717, 1.165) is 17.0 Å². The van der Waals surface area contributed by atoms with Gasteiger partial charge in [0.25, 0.3) is 5.91 Å². The second-order valence-corrected chi connectivity index (χ2v) is 7.06. The lowest BCUT2D eigenvalue weighted by molar-refractivity contribution is -0.188. The maximum Gasteiger partial charge on any atom is 0.471 e. The molecule has 0 aliphatic carbocycles. The number of imide groups is 1. The quantitative estimate of drug-likeness (QED) is 0.504. The summed E-state index contributed by atoms with van der Waals surface area (Å²) in [6.07, 6.45) is -10.1. The maximum absolute atomic E-state index is 13.2. The molecule has 2 unspecified atom stereocenters. The highest BCUT2D eigenvalue weighted by Crippen LogP contribution is 2.44. The number of nitriles is 1. The first-order chi connectivity index (χ1) is 13.9. The van der Waals surface area contributed by atoms with Gasteiger partial charge in [-0.1, -0.05) is 0 Å². The van der Waals surface area contributed by atoms with Crippen molar-refractivity contribution in [2.45, 2.75) is 36.9 Å². The van der Waals surface area contributed by atoms with E-state index in [-0.39, 0.29) is 6.42 Å². The molecule has 3 heterocycles. The van der Waals surface area contributed by atoms with Crippen LogP contribution >= 0.6 is 0 Å². The van der Waals surface area contributed by atoms with Gasteiger partial charge in [-0.15, -0.1) is 0 Å². The van der Waals surface area contributed by atoms with E-state index >= 15 is 0 Å². The molecule has 1 aromatic rings. The molecular weight excluding hydrogens is 422 g/mol. The average molecular weight is 432 g/mol. The molecule has 0 radical (unpaired) electrons. The number of likely N-dealkylation sites (tertiary alicyclic amines) is 1. The van der Waals surface area contributed by atoms with Gasteiger partial charge in [0, 0.05) is 6.54 Å². The molecule has 3 aliphatic heterocycles. The molecule has 7 nitrogen and oxygen atoms in total. The second-order valence-electron chi connectivity index (χ2n) is 7.06. The normalized spacial score (nSPS) is 25.8. The highest BCUT2D eigenvalue weighted by Gasteiger charge is 2.64. The fourth-order valence-corrected chi connectivity index (χ4v) is 4.29. The van der Waals surface area contributed by atoms with Crippen molar-refractivity contribution in [3.05, 3.63) is 29.3 Å². The van der Waals surface area contributed by atoms with Gasteiger partial charge >= 0.3 is 24.3 Å². The summed E-state index contributed by atoms with van der Waals surface area (Å²) in [4.78, 5) is 39.1. The maximum atomic E-state index is 13.2. The zero-order valence-electron chi connectivity index (χ0n) is 14.7. The number of carbonyl (C=O) groups excluding carboxylic acids is 3. The fourth-order valence-electron chi connectivity index (χ4n) is 4.29. The van der Waals surface area contributed by atoms with Crippen LogP contribution in [0.2, 0.25) is 0 Å². The summed E-state index contributed by atoms with van der Waals surface area (Å²) < 4.78 is 78.1. The van der Waals surface area contributed by atoms with Crippen molar-refractivity contribution in [2.24, 2.45) is 0 Å². The van der Waals surface area contributed by atoms with Crippen molar-refractivity contribution in [1.29, 1.82) is 5.26 Å². The molecule has 158 valence electrons. The lowest BCUT2D eigenvalue weighted by Gasteiger charge is -2.35. The molecular formula is C17H10F6N4O3. The number of rotatable bonds is 1. The van der Waals surface area contributed by atoms with Gasteiger partial charge < -0.3 is 9.80 Å². The molecule has 0 saturated carbocycles. The van der Waals surface area contributed by atoms with Crippen LogP contribution in [0.25, 0.3) is 0 Å². The Labute approximate surface area is 164 Å². The minimum Gasteiger partial charge on any atom is -0.327 e. The summed E-state index contributed by atoms with van der Waals surface area (Å²) in [5, 5.41) is 8.86. The van der Waals surface area contributed by atoms with Crippen molar-refractivity contribution in [3.63, 3.8) is 0 Å². The molecule has 0 spiro atoms. The minimum absolute atomic E-state index is 0.0288. The number of hydrogen-bond acceptors (Lipinski definition) is 4. The van der Waals surface area contributed by atoms with E-state index in [1.807, 2.05) is 0 Å². The molecule has 3 aliphatic rings. The number of amides is 4. The zero-order chi connectivity index (χ0) is 22.2. The van der Waals surface area contributed by atoms with Crippen LogP contribution in [0.5, 0.6) is 0 Å². The lowest BCUT2D eigenvalue weighted by Crippen LogP contribution is -2.57. The Morgan fingerprint density at radius 1 is 1.13 bits per heavy atom. The summed E-state index contributed by atoms with van der Waals surface area (Å²) in [6, 6.07) is -0.838. The van der Waals surface area contributed by atoms with Crippen LogP contribution in [0.3, 0.4) is 0 Å². The number of urea groups is 1. The molecule has 4 amide bonds. The summed E-state index contributed by atoms with van der Waals surface area (Å²) in [5.74, 6) is -3.16. The Morgan fingerprint density at radius 2 is 1.80 bits per heavy atom. The molecule has 2 bridgehead atoms. The fraction of sp³-hybridized carbons (Fsp3) is 0.412. The van der Waals surface area contributed by atoms with E-state index in [4.69, 9.17) is 5.26 Å². The first-order valence-electron chi connectivity index (χ1n) is 8.51. The van der Waals surface area contributed by atoms with E-state index in [9.17, 15) is 40.7 Å². The number of alkyl halides is 6. The van der Waals surface area contributed by atoms with Gasteiger partial charge in [0.2, 0.25) is 0 Å². The Hall–Kier alpha value is -3.30. The molecule has 3 atom stereocenters. The molecule has 13 heteroatoms. The summed E-state index contributed by atoms with van der Waals surface area (Å²) in [6.45, 7) is -0.423. The largest absolute Gasteiger partial charge is 0.471 e. The van der Waals surface area contributed by atoms with Crippen LogP contribution in [0.15, 0.2) is 18.2 Å². The molecule has 4 rings (SSSR count). The minimum atomic E-state index is -5.16. The van der Waals surface area contributed by atoms with Gasteiger partial charge in [-0.2, -0.15) is 31.6 Å². The topological polar surface area (TPSA) is 84.7 Å². The number of halogens is 6. The third kappa shape index (κ3) is 2.70. The van der Waals surface area contributed by atoms with Crippen LogP contribution in [0, 0.1) is 11.3 Å². The van der Waals surface area contributed by atoms with Gasteiger partial charge in [-0.05, 0) is 24.6 Å². The number of anilines is 1. The summed E-state index contributed by atoms with van der Waals surface area (Å²) in [7, 11) is 0. The number of nitrogens with zero attached hydrogens (tertiary/aromatic N) is 4. The Balaban J connectivity index is 1.69. The molecule has 1 aromatic carbocycles. The van der Waals surface area contributed by atoms with Crippen LogP contribution in [0.1, 0.15) is 17.5 Å². The van der Waals surface area contributed by atoms with Gasteiger partial charge in [-0.25, -0.2) is 9.69 Å². The highest BCUT2D eigenvalue weighted by atomic mass is 19.4. The highest BCUT2D eigenvalue weighted by molar-refractivity contribution is 6.22. The summed E-state index contributed by atoms with van der Waals surface area (Å²) >= 11 is 0. The Bertz CT molecular complexity index is 1010. The smallest absolute Gasteiger partial charge is 0.327 e. The number of fused-ring (bicyclic) bond motifs is 5. The van der Waals surface area contributed by atoms with E-state index in [2.05, 4.69) is 0 Å². The number of carbonyl (C=O) groups is 3. The van der Waals surface area contributed by atoms with Crippen molar-refractivity contribution in [2.75, 3.05) is 11.4 Å². The number of hydrogen-bond donors (Lipinski definition) is 0. The van der Waals surface area contributed by atoms with Gasteiger partial charge in [-0.3, -0.25) is 9.59 Å². The third-order valence-corrected chi connectivity index (χ3v) is 5.46. The standard InChI is InChI=1S/C17H10F6N4O3/c18-16(19,20)10-3-8(2-1-7(10)5-24)27-13(28)12-11-4-9(26(12)15(27)30)6-25(11)14(29)17(21,22)23/h1-3,9,11-12H,4,6H2/t9-,11?,12?/m1/s1. The predicted molar refractivity (Wildman–Crippen MR) is 84.6 cm³/mol. The molecule has 3 fully saturated rings. The van der Waals surface area contributed by atoms with Crippen molar-refractivity contribution >= 4 is 23.5 Å². The van der Waals surface area contributed by atoms with Crippen molar-refractivity contribution < 1.29 is 40.7 Å². The van der Waals surface area contributed by atoms with Crippen LogP contribution in [0.4, 0.5) is 36.8 Å². The molecule has 3 saturated heterocycles. The molecule has 30 heavy (non-hydrogen) atoms. The van der Waals surface area contributed by atoms with Crippen molar-refractivity contribution in [3.8, 4) is 6.07 Å². The Kier molecular flexibility index (Phi) is 4.06. The molecule has 0 N–H and O–H groups in total. The zero-order valence-corrected chi connectivity index (χ0v) is 14.7. The monoisotopic (exact) mass is 432 g/mol. The average Bonchev–Trinajstić information content (AvgIpc) is 3.30. The number of piperazine rings is 1. The van der Waals surface area contributed by atoms with Crippen LogP contribution < -0.4 is 4.90 Å². The van der Waals surface area contributed by atoms with Crippen LogP contribution in [-0.4, -0.2) is 58.5 Å². The van der Waals surface area contributed by atoms with Crippen LogP contribution in [-0.2, 0) is 15.8 Å². The van der Waals surface area contributed by atoms with Gasteiger partial charge in [0.05, 0.1) is 35.0 Å². The Morgan fingerprint density at radius 3 is 2.37 bits per heavy atom. The summed E-state index contributed by atoms with van der Waals surface area (Å²) in [5.41, 5.74) is -2.53. The molecule has 0 aromatic heterocycles. The second kappa shape index (κ2) is 6.10. The van der Waals surface area contributed by atoms with E-state index in [1.165, 1.54) is 6.07 Å². The van der Waals surface area contributed by atoms with Crippen molar-refractivity contribution in [1.82, 2.24) is 9.80 Å². The van der Waals surface area contributed by atoms with Gasteiger partial charge in [0.15, 0.2) is 0 Å².